The van der Waals surface area contributed by atoms with Crippen LogP contribution in [0.1, 0.15) is 40.2 Å². The van der Waals surface area contributed by atoms with Crippen LogP contribution in [-0.4, -0.2) is 42.2 Å². The molecule has 6 nitrogen and oxygen atoms in total. The van der Waals surface area contributed by atoms with Crippen LogP contribution in [-0.2, 0) is 42.0 Å². The minimum atomic E-state index is -4.36. The van der Waals surface area contributed by atoms with Gasteiger partial charge in [-0.1, -0.05) is 36.4 Å². The summed E-state index contributed by atoms with van der Waals surface area (Å²) in [6.45, 7) is 2.54. The Balaban J connectivity index is 1.38. The number of hydrogen-bond donors (Lipinski definition) is 1. The number of fused-ring (bicyclic) bond motifs is 1. The molecule has 2 N–H and O–H groups in total. The molecule has 2 aromatic carbocycles. The van der Waals surface area contributed by atoms with Crippen LogP contribution in [0.3, 0.4) is 0 Å². The molecule has 1 aliphatic heterocycles. The third kappa shape index (κ3) is 5.14. The second kappa shape index (κ2) is 9.07. The van der Waals surface area contributed by atoms with Crippen molar-refractivity contribution in [2.24, 2.45) is 5.14 Å². The highest BCUT2D eigenvalue weighted by atomic mass is 32.2. The summed E-state index contributed by atoms with van der Waals surface area (Å²) < 4.78 is 64.4. The Bertz CT molecular complexity index is 1330. The maximum Gasteiger partial charge on any atom is 0.416 e. The number of nitrogens with zero attached hydrogens (tertiary/aromatic N) is 3. The van der Waals surface area contributed by atoms with Crippen molar-refractivity contribution in [3.63, 3.8) is 0 Å². The van der Waals surface area contributed by atoms with Crippen LogP contribution in [0.4, 0.5) is 13.2 Å². The molecule has 1 aliphatic carbocycles. The number of alkyl halides is 3. The number of aromatic nitrogens is 2. The highest BCUT2D eigenvalue weighted by Gasteiger charge is 2.38. The minimum Gasteiger partial charge on any atom is -0.299 e. The molecular weight excluding hydrogens is 477 g/mol. The normalized spacial score (nSPS) is 20.6. The van der Waals surface area contributed by atoms with E-state index in [4.69, 9.17) is 5.14 Å². The average molecular weight is 505 g/mol. The number of sulfonamides is 1. The highest BCUT2D eigenvalue weighted by molar-refractivity contribution is 7.89. The molecule has 1 saturated heterocycles. The van der Waals surface area contributed by atoms with E-state index in [9.17, 15) is 21.6 Å². The number of halogens is 3. The maximum absolute atomic E-state index is 13.3. The standard InChI is InChI=1S/C25H27F3N4O2S/c26-25(27,28)20-4-1-3-18(11-20)13-23-22-12-17(5-6-19(22)14-24(23)31-8-2-9-31)7-10-32-16-21(15-30-32)35(29,33)34/h1,3-6,11-12,15-16,23-24H,2,7-10,13-14H2,(H2,29,33,34). The van der Waals surface area contributed by atoms with E-state index in [1.165, 1.54) is 35.7 Å². The van der Waals surface area contributed by atoms with Crippen LogP contribution in [0.15, 0.2) is 59.8 Å². The van der Waals surface area contributed by atoms with Crippen molar-refractivity contribution in [3.05, 3.63) is 82.7 Å². The Morgan fingerprint density at radius 3 is 2.54 bits per heavy atom. The predicted molar refractivity (Wildman–Crippen MR) is 125 cm³/mol. The molecule has 2 aliphatic rings. The van der Waals surface area contributed by atoms with Crippen LogP contribution in [0.5, 0.6) is 0 Å². The number of nitrogens with two attached hydrogens (primary N) is 1. The zero-order chi connectivity index (χ0) is 24.8. The SMILES string of the molecule is NS(=O)(=O)c1cnn(CCc2ccc3c(c2)C(Cc2cccc(C(F)(F)F)c2)C(N2CCC2)C3)c1. The largest absolute Gasteiger partial charge is 0.416 e. The lowest BCUT2D eigenvalue weighted by molar-refractivity contribution is -0.137. The summed E-state index contributed by atoms with van der Waals surface area (Å²) in [6, 6.07) is 12.3. The fraction of sp³-hybridized carbons (Fsp3) is 0.400. The molecule has 0 bridgehead atoms. The zero-order valence-electron chi connectivity index (χ0n) is 19.1. The van der Waals surface area contributed by atoms with Gasteiger partial charge in [-0.2, -0.15) is 18.3 Å². The van der Waals surface area contributed by atoms with Crippen LogP contribution in [0.25, 0.3) is 0 Å². The molecule has 186 valence electrons. The molecule has 2 heterocycles. The molecule has 0 amide bonds. The van der Waals surface area contributed by atoms with Gasteiger partial charge in [0.2, 0.25) is 10.0 Å². The van der Waals surface area contributed by atoms with Crippen molar-refractivity contribution in [3.8, 4) is 0 Å². The zero-order valence-corrected chi connectivity index (χ0v) is 19.9. The van der Waals surface area contributed by atoms with Gasteiger partial charge in [0.05, 0.1) is 11.8 Å². The van der Waals surface area contributed by atoms with E-state index >= 15 is 0 Å². The number of aryl methyl sites for hydroxylation is 2. The summed E-state index contributed by atoms with van der Waals surface area (Å²) in [4.78, 5) is 2.42. The lowest BCUT2D eigenvalue weighted by Gasteiger charge is -2.39. The fourth-order valence-corrected chi connectivity index (χ4v) is 5.66. The summed E-state index contributed by atoms with van der Waals surface area (Å²) >= 11 is 0. The molecule has 0 saturated carbocycles. The van der Waals surface area contributed by atoms with Gasteiger partial charge in [0.15, 0.2) is 0 Å². The first kappa shape index (κ1) is 24.0. The van der Waals surface area contributed by atoms with Crippen molar-refractivity contribution >= 4 is 10.0 Å². The van der Waals surface area contributed by atoms with Gasteiger partial charge in [0.25, 0.3) is 0 Å². The minimum absolute atomic E-state index is 0.0232. The van der Waals surface area contributed by atoms with Crippen LogP contribution in [0, 0.1) is 0 Å². The van der Waals surface area contributed by atoms with E-state index in [2.05, 4.69) is 28.2 Å². The van der Waals surface area contributed by atoms with E-state index in [0.29, 0.717) is 24.9 Å². The van der Waals surface area contributed by atoms with E-state index < -0.39 is 21.8 Å². The van der Waals surface area contributed by atoms with Crippen LogP contribution < -0.4 is 5.14 Å². The van der Waals surface area contributed by atoms with E-state index in [-0.39, 0.29) is 16.9 Å². The van der Waals surface area contributed by atoms with Crippen LogP contribution >= 0.6 is 0 Å². The molecule has 1 fully saturated rings. The number of hydrogen-bond acceptors (Lipinski definition) is 4. The van der Waals surface area contributed by atoms with Crippen LogP contribution in [0.2, 0.25) is 0 Å². The summed E-state index contributed by atoms with van der Waals surface area (Å²) in [5.41, 5.74) is 3.61. The molecule has 5 rings (SSSR count). The summed E-state index contributed by atoms with van der Waals surface area (Å²) in [7, 11) is -3.79. The summed E-state index contributed by atoms with van der Waals surface area (Å²) in [5.74, 6) is 0.118. The van der Waals surface area contributed by atoms with Gasteiger partial charge in [-0.05, 0) is 67.1 Å². The molecule has 2 unspecified atom stereocenters. The Hall–Kier alpha value is -2.69. The van der Waals surface area contributed by atoms with Crippen molar-refractivity contribution in [2.75, 3.05) is 13.1 Å². The Morgan fingerprint density at radius 2 is 1.89 bits per heavy atom. The Kier molecular flexibility index (Phi) is 6.23. The molecule has 1 aromatic heterocycles. The fourth-order valence-electron chi connectivity index (χ4n) is 5.19. The summed E-state index contributed by atoms with van der Waals surface area (Å²) in [6.07, 6.45) is 1.54. The van der Waals surface area contributed by atoms with Crippen molar-refractivity contribution in [2.45, 2.75) is 55.3 Å². The van der Waals surface area contributed by atoms with Crippen molar-refractivity contribution < 1.29 is 21.6 Å². The second-order valence-electron chi connectivity index (χ2n) is 9.44. The lowest BCUT2D eigenvalue weighted by Crippen LogP contribution is -2.47. The van der Waals surface area contributed by atoms with Crippen molar-refractivity contribution in [1.29, 1.82) is 0 Å². The van der Waals surface area contributed by atoms with Crippen molar-refractivity contribution in [1.82, 2.24) is 14.7 Å². The van der Waals surface area contributed by atoms with E-state index in [1.807, 2.05) is 0 Å². The Morgan fingerprint density at radius 1 is 1.09 bits per heavy atom. The monoisotopic (exact) mass is 504 g/mol. The van der Waals surface area contributed by atoms with Gasteiger partial charge < -0.3 is 0 Å². The number of benzene rings is 2. The predicted octanol–water partition coefficient (Wildman–Crippen LogP) is 3.75. The maximum atomic E-state index is 13.3. The first-order valence-corrected chi connectivity index (χ1v) is 13.2. The average Bonchev–Trinajstić information content (AvgIpc) is 3.36. The number of primary sulfonamides is 1. The third-order valence-corrected chi connectivity index (χ3v) is 8.01. The molecular formula is C25H27F3N4O2S. The second-order valence-corrected chi connectivity index (χ2v) is 11.0. The van der Waals surface area contributed by atoms with E-state index in [1.54, 1.807) is 10.7 Å². The van der Waals surface area contributed by atoms with Gasteiger partial charge in [-0.15, -0.1) is 0 Å². The first-order chi connectivity index (χ1) is 16.6. The van der Waals surface area contributed by atoms with Gasteiger partial charge in [-0.3, -0.25) is 9.58 Å². The molecule has 35 heavy (non-hydrogen) atoms. The van der Waals surface area contributed by atoms with Gasteiger partial charge >= 0.3 is 6.18 Å². The van der Waals surface area contributed by atoms with Gasteiger partial charge in [-0.25, -0.2) is 13.6 Å². The molecule has 3 aromatic rings. The number of likely N-dealkylation sites (tertiary alicyclic amines) is 1. The molecule has 0 radical (unpaired) electrons. The quantitative estimate of drug-likeness (QED) is 0.532. The molecule has 10 heteroatoms. The Labute approximate surface area is 202 Å². The molecule has 0 spiro atoms. The number of rotatable bonds is 7. The van der Waals surface area contributed by atoms with Gasteiger partial charge in [0, 0.05) is 24.7 Å². The topological polar surface area (TPSA) is 81.2 Å². The lowest BCUT2D eigenvalue weighted by atomic mass is 9.87. The molecule has 2 atom stereocenters. The summed E-state index contributed by atoms with van der Waals surface area (Å²) in [5, 5.41) is 9.24. The smallest absolute Gasteiger partial charge is 0.299 e. The first-order valence-electron chi connectivity index (χ1n) is 11.6. The highest BCUT2D eigenvalue weighted by Crippen LogP contribution is 2.41. The van der Waals surface area contributed by atoms with E-state index in [0.717, 1.165) is 37.6 Å². The van der Waals surface area contributed by atoms with Gasteiger partial charge in [0.1, 0.15) is 4.90 Å². The third-order valence-electron chi connectivity index (χ3n) is 7.14.